The number of nitrogens with one attached hydrogen (secondary N) is 1. The first-order valence-electron chi connectivity index (χ1n) is 7.42. The molecule has 120 valence electrons. The lowest BCUT2D eigenvalue weighted by molar-refractivity contribution is -0.116. The van der Waals surface area contributed by atoms with E-state index in [0.29, 0.717) is 6.54 Å². The molecule has 0 saturated carbocycles. The minimum absolute atomic E-state index is 0.149. The van der Waals surface area contributed by atoms with Crippen molar-refractivity contribution >= 4 is 22.8 Å². The highest BCUT2D eigenvalue weighted by Gasteiger charge is 2.13. The first kappa shape index (κ1) is 16.8. The highest BCUT2D eigenvalue weighted by molar-refractivity contribution is 7.85. The van der Waals surface area contributed by atoms with Gasteiger partial charge in [0.05, 0.1) is 0 Å². The monoisotopic (exact) mass is 324 g/mol. The minimum Gasteiger partial charge on any atom is -0.353 e. The van der Waals surface area contributed by atoms with Gasteiger partial charge in [0.25, 0.3) is 0 Å². The van der Waals surface area contributed by atoms with Gasteiger partial charge in [-0.1, -0.05) is 12.1 Å². The highest BCUT2D eigenvalue weighted by Crippen LogP contribution is 2.04. The van der Waals surface area contributed by atoms with Crippen molar-refractivity contribution in [3.05, 3.63) is 41.7 Å². The second kappa shape index (κ2) is 8.80. The maximum atomic E-state index is 12.7. The second-order valence-corrected chi connectivity index (χ2v) is 6.92. The Hall–Kier alpha value is -1.53. The average Bonchev–Trinajstić information content (AvgIpc) is 2.53. The number of halogens is 1. The molecule has 1 aliphatic rings. The maximum Gasteiger partial charge on any atom is 0.243 e. The van der Waals surface area contributed by atoms with Crippen molar-refractivity contribution in [1.29, 1.82) is 0 Å². The standard InChI is InChI=1S/C16H21FN2O2S/c17-15-5-2-14(3-6-15)4-7-16(20)18-8-1-9-19-10-12-22(21)13-11-19/h2-7H,1,8-13H2,(H,18,20). The van der Waals surface area contributed by atoms with Crippen LogP contribution in [0.3, 0.4) is 0 Å². The summed E-state index contributed by atoms with van der Waals surface area (Å²) in [5.74, 6) is 1.08. The van der Waals surface area contributed by atoms with Crippen molar-refractivity contribution in [2.45, 2.75) is 6.42 Å². The molecule has 1 aromatic rings. The number of carbonyl (C=O) groups excluding carboxylic acids is 1. The van der Waals surface area contributed by atoms with E-state index in [1.54, 1.807) is 18.2 Å². The highest BCUT2D eigenvalue weighted by atomic mass is 32.2. The van der Waals surface area contributed by atoms with E-state index in [1.165, 1.54) is 18.2 Å². The molecule has 1 fully saturated rings. The van der Waals surface area contributed by atoms with Gasteiger partial charge in [-0.05, 0) is 36.7 Å². The molecule has 0 aromatic heterocycles. The van der Waals surface area contributed by atoms with Crippen molar-refractivity contribution in [2.24, 2.45) is 0 Å². The lowest BCUT2D eigenvalue weighted by Gasteiger charge is -2.25. The SMILES string of the molecule is O=C(C=Cc1ccc(F)cc1)NCCCN1CCS(=O)CC1. The Kier molecular flexibility index (Phi) is 6.74. The molecule has 1 heterocycles. The number of hydrogen-bond donors (Lipinski definition) is 1. The van der Waals surface area contributed by atoms with Crippen molar-refractivity contribution in [3.63, 3.8) is 0 Å². The van der Waals surface area contributed by atoms with Crippen molar-refractivity contribution < 1.29 is 13.4 Å². The molecule has 1 amide bonds. The summed E-state index contributed by atoms with van der Waals surface area (Å²) in [5.41, 5.74) is 0.790. The Bertz CT molecular complexity index is 536. The van der Waals surface area contributed by atoms with Crippen LogP contribution in [-0.2, 0) is 15.6 Å². The quantitative estimate of drug-likeness (QED) is 0.636. The lowest BCUT2D eigenvalue weighted by atomic mass is 10.2. The van der Waals surface area contributed by atoms with Crippen LogP contribution >= 0.6 is 0 Å². The maximum absolute atomic E-state index is 12.7. The van der Waals surface area contributed by atoms with Gasteiger partial charge in [-0.3, -0.25) is 9.00 Å². The average molecular weight is 324 g/mol. The van der Waals surface area contributed by atoms with Crippen LogP contribution in [-0.4, -0.2) is 52.7 Å². The topological polar surface area (TPSA) is 49.4 Å². The first-order chi connectivity index (χ1) is 10.6. The summed E-state index contributed by atoms with van der Waals surface area (Å²) in [6.45, 7) is 3.29. The summed E-state index contributed by atoms with van der Waals surface area (Å²) in [6, 6.07) is 5.98. The molecule has 22 heavy (non-hydrogen) atoms. The second-order valence-electron chi connectivity index (χ2n) is 5.22. The van der Waals surface area contributed by atoms with Crippen LogP contribution in [0.1, 0.15) is 12.0 Å². The molecule has 0 aliphatic carbocycles. The van der Waals surface area contributed by atoms with Gasteiger partial charge in [-0.15, -0.1) is 0 Å². The molecule has 0 radical (unpaired) electrons. The Balaban J connectivity index is 1.61. The van der Waals surface area contributed by atoms with Crippen molar-refractivity contribution in [2.75, 3.05) is 37.7 Å². The van der Waals surface area contributed by atoms with Crippen LogP contribution in [0.4, 0.5) is 4.39 Å². The summed E-state index contributed by atoms with van der Waals surface area (Å²) < 4.78 is 24.0. The Morgan fingerprint density at radius 3 is 2.64 bits per heavy atom. The Labute approximate surface area is 132 Å². The van der Waals surface area contributed by atoms with Crippen LogP contribution in [0.15, 0.2) is 30.3 Å². The van der Waals surface area contributed by atoms with E-state index in [4.69, 9.17) is 0 Å². The molecule has 0 bridgehead atoms. The molecule has 1 N–H and O–H groups in total. The molecule has 6 heteroatoms. The van der Waals surface area contributed by atoms with Crippen LogP contribution in [0.2, 0.25) is 0 Å². The summed E-state index contributed by atoms with van der Waals surface area (Å²) in [5, 5.41) is 2.83. The number of benzene rings is 1. The first-order valence-corrected chi connectivity index (χ1v) is 8.91. The van der Waals surface area contributed by atoms with Gasteiger partial charge in [-0.2, -0.15) is 0 Å². The van der Waals surface area contributed by atoms with Gasteiger partial charge in [0.1, 0.15) is 5.82 Å². The van der Waals surface area contributed by atoms with Crippen molar-refractivity contribution in [3.8, 4) is 0 Å². The van der Waals surface area contributed by atoms with Gasteiger partial charge in [0, 0.05) is 48.0 Å². The zero-order valence-corrected chi connectivity index (χ0v) is 13.3. The van der Waals surface area contributed by atoms with E-state index in [-0.39, 0.29) is 11.7 Å². The zero-order valence-electron chi connectivity index (χ0n) is 12.5. The van der Waals surface area contributed by atoms with Crippen molar-refractivity contribution in [1.82, 2.24) is 10.2 Å². The molecule has 0 atom stereocenters. The van der Waals surface area contributed by atoms with E-state index < -0.39 is 10.8 Å². The molecule has 1 aromatic carbocycles. The fourth-order valence-electron chi connectivity index (χ4n) is 2.22. The third-order valence-electron chi connectivity index (χ3n) is 3.52. The fraction of sp³-hybridized carbons (Fsp3) is 0.438. The Morgan fingerprint density at radius 2 is 1.95 bits per heavy atom. The normalized spacial score (nSPS) is 17.0. The summed E-state index contributed by atoms with van der Waals surface area (Å²) in [4.78, 5) is 13.9. The fourth-order valence-corrected chi connectivity index (χ4v) is 3.35. The largest absolute Gasteiger partial charge is 0.353 e. The molecule has 2 rings (SSSR count). The molecular weight excluding hydrogens is 303 g/mol. The molecular formula is C16H21FN2O2S. The number of nitrogens with zero attached hydrogens (tertiary/aromatic N) is 1. The van der Waals surface area contributed by atoms with Crippen LogP contribution in [0, 0.1) is 5.82 Å². The minimum atomic E-state index is -0.642. The summed E-state index contributed by atoms with van der Waals surface area (Å²) >= 11 is 0. The van der Waals surface area contributed by atoms with E-state index in [1.807, 2.05) is 0 Å². The van der Waals surface area contributed by atoms with Gasteiger partial charge in [0.15, 0.2) is 0 Å². The third-order valence-corrected chi connectivity index (χ3v) is 4.79. The molecule has 0 spiro atoms. The van der Waals surface area contributed by atoms with Gasteiger partial charge in [0.2, 0.25) is 5.91 Å². The van der Waals surface area contributed by atoms with Gasteiger partial charge >= 0.3 is 0 Å². The van der Waals surface area contributed by atoms with Gasteiger partial charge in [-0.25, -0.2) is 4.39 Å². The predicted octanol–water partition coefficient (Wildman–Crippen LogP) is 1.41. The number of hydrogen-bond acceptors (Lipinski definition) is 3. The molecule has 0 unspecified atom stereocenters. The Morgan fingerprint density at radius 1 is 1.27 bits per heavy atom. The van der Waals surface area contributed by atoms with E-state index >= 15 is 0 Å². The lowest BCUT2D eigenvalue weighted by Crippen LogP contribution is -2.39. The van der Waals surface area contributed by atoms with E-state index in [0.717, 1.165) is 43.1 Å². The summed E-state index contributed by atoms with van der Waals surface area (Å²) in [7, 11) is -0.642. The molecule has 4 nitrogen and oxygen atoms in total. The molecule has 1 saturated heterocycles. The number of carbonyl (C=O) groups is 1. The van der Waals surface area contributed by atoms with Crippen LogP contribution in [0.5, 0.6) is 0 Å². The number of rotatable bonds is 6. The predicted molar refractivity (Wildman–Crippen MR) is 87.4 cm³/mol. The third kappa shape index (κ3) is 6.07. The molecule has 1 aliphatic heterocycles. The van der Waals surface area contributed by atoms with E-state index in [9.17, 15) is 13.4 Å². The van der Waals surface area contributed by atoms with Crippen LogP contribution < -0.4 is 5.32 Å². The van der Waals surface area contributed by atoms with Gasteiger partial charge < -0.3 is 10.2 Å². The van der Waals surface area contributed by atoms with Crippen LogP contribution in [0.25, 0.3) is 6.08 Å². The zero-order chi connectivity index (χ0) is 15.8. The smallest absolute Gasteiger partial charge is 0.243 e. The summed E-state index contributed by atoms with van der Waals surface area (Å²) in [6.07, 6.45) is 3.99. The number of amides is 1. The van der Waals surface area contributed by atoms with E-state index in [2.05, 4.69) is 10.2 Å².